The van der Waals surface area contributed by atoms with Crippen LogP contribution < -0.4 is 5.32 Å². The van der Waals surface area contributed by atoms with E-state index in [0.29, 0.717) is 19.0 Å². The zero-order valence-electron chi connectivity index (χ0n) is 13.3. The van der Waals surface area contributed by atoms with E-state index in [2.05, 4.69) is 17.1 Å². The zero-order valence-corrected chi connectivity index (χ0v) is 13.3. The molecule has 1 amide bonds. The first-order valence-corrected chi connectivity index (χ1v) is 8.11. The summed E-state index contributed by atoms with van der Waals surface area (Å²) in [7, 11) is 0. The highest BCUT2D eigenvalue weighted by Gasteiger charge is 2.30. The minimum absolute atomic E-state index is 0.190. The summed E-state index contributed by atoms with van der Waals surface area (Å²) >= 11 is 0. The second-order valence-corrected chi connectivity index (χ2v) is 5.97. The maximum absolute atomic E-state index is 12.7. The lowest BCUT2D eigenvalue weighted by molar-refractivity contribution is -0.137. The van der Waals surface area contributed by atoms with Gasteiger partial charge in [-0.25, -0.2) is 0 Å². The van der Waals surface area contributed by atoms with E-state index in [4.69, 9.17) is 0 Å². The van der Waals surface area contributed by atoms with Gasteiger partial charge in [-0.1, -0.05) is 19.4 Å². The molecule has 1 aromatic carbocycles. The summed E-state index contributed by atoms with van der Waals surface area (Å²) in [5.74, 6) is -0.246. The molecule has 1 fully saturated rings. The van der Waals surface area contributed by atoms with E-state index in [0.717, 1.165) is 37.9 Å². The molecule has 128 valence electrons. The normalized spacial score (nSPS) is 19.6. The van der Waals surface area contributed by atoms with E-state index in [1.807, 2.05) is 0 Å². The maximum Gasteiger partial charge on any atom is 0.416 e. The molecule has 1 saturated heterocycles. The van der Waals surface area contributed by atoms with E-state index in [-0.39, 0.29) is 11.6 Å². The van der Waals surface area contributed by atoms with Crippen molar-refractivity contribution in [1.29, 1.82) is 0 Å². The number of alkyl halides is 3. The van der Waals surface area contributed by atoms with Crippen LogP contribution in [0.3, 0.4) is 0 Å². The van der Waals surface area contributed by atoms with E-state index in [9.17, 15) is 18.0 Å². The Kier molecular flexibility index (Phi) is 6.04. The average molecular weight is 328 g/mol. The van der Waals surface area contributed by atoms with Gasteiger partial charge in [-0.2, -0.15) is 13.2 Å². The molecular weight excluding hydrogens is 305 g/mol. The van der Waals surface area contributed by atoms with Gasteiger partial charge in [0.25, 0.3) is 0 Å². The standard InChI is InChI=1S/C17H23F3N2O/c1-2-15-8-3-4-10-22(15)11-9-16(23)21-14-7-5-6-13(12-14)17(18,19)20/h5-7,12,15H,2-4,8-11H2,1H3,(H,21,23). The molecule has 0 aromatic heterocycles. The quantitative estimate of drug-likeness (QED) is 0.874. The first-order chi connectivity index (χ1) is 10.9. The number of piperidine rings is 1. The fourth-order valence-electron chi connectivity index (χ4n) is 3.06. The van der Waals surface area contributed by atoms with Crippen molar-refractivity contribution in [1.82, 2.24) is 4.90 Å². The van der Waals surface area contributed by atoms with Gasteiger partial charge in [0, 0.05) is 24.7 Å². The van der Waals surface area contributed by atoms with Crippen molar-refractivity contribution in [3.05, 3.63) is 29.8 Å². The van der Waals surface area contributed by atoms with Crippen molar-refractivity contribution >= 4 is 11.6 Å². The highest BCUT2D eigenvalue weighted by atomic mass is 19.4. The summed E-state index contributed by atoms with van der Waals surface area (Å²) in [5.41, 5.74) is -0.562. The van der Waals surface area contributed by atoms with Crippen molar-refractivity contribution in [2.24, 2.45) is 0 Å². The number of likely N-dealkylation sites (tertiary alicyclic amines) is 1. The Bertz CT molecular complexity index is 531. The predicted molar refractivity (Wildman–Crippen MR) is 84.2 cm³/mol. The highest BCUT2D eigenvalue weighted by Crippen LogP contribution is 2.30. The molecule has 23 heavy (non-hydrogen) atoms. The first kappa shape index (κ1) is 17.8. The third kappa shape index (κ3) is 5.23. The van der Waals surface area contributed by atoms with E-state index in [1.54, 1.807) is 0 Å². The van der Waals surface area contributed by atoms with Crippen LogP contribution in [0, 0.1) is 0 Å². The second-order valence-electron chi connectivity index (χ2n) is 5.97. The maximum atomic E-state index is 12.7. The number of hydrogen-bond acceptors (Lipinski definition) is 2. The number of nitrogens with one attached hydrogen (secondary N) is 1. The van der Waals surface area contributed by atoms with Crippen LogP contribution in [0.25, 0.3) is 0 Å². The Morgan fingerprint density at radius 2 is 2.13 bits per heavy atom. The lowest BCUT2D eigenvalue weighted by Crippen LogP contribution is -2.40. The van der Waals surface area contributed by atoms with Crippen molar-refractivity contribution in [2.75, 3.05) is 18.4 Å². The Morgan fingerprint density at radius 1 is 1.35 bits per heavy atom. The summed E-state index contributed by atoms with van der Waals surface area (Å²) in [6, 6.07) is 5.26. The van der Waals surface area contributed by atoms with Crippen LogP contribution in [0.4, 0.5) is 18.9 Å². The van der Waals surface area contributed by atoms with Gasteiger partial charge in [-0.3, -0.25) is 9.69 Å². The van der Waals surface area contributed by atoms with Crippen molar-refractivity contribution in [3.8, 4) is 0 Å². The molecular formula is C17H23F3N2O. The smallest absolute Gasteiger partial charge is 0.326 e. The molecule has 1 aliphatic rings. The van der Waals surface area contributed by atoms with Crippen molar-refractivity contribution in [3.63, 3.8) is 0 Å². The molecule has 1 aromatic rings. The average Bonchev–Trinajstić information content (AvgIpc) is 2.52. The molecule has 1 N–H and O–H groups in total. The third-order valence-corrected chi connectivity index (χ3v) is 4.32. The predicted octanol–water partition coefficient (Wildman–Crippen LogP) is 4.30. The van der Waals surface area contributed by atoms with Crippen LogP contribution in [0.2, 0.25) is 0 Å². The zero-order chi connectivity index (χ0) is 16.9. The van der Waals surface area contributed by atoms with Gasteiger partial charge in [0.1, 0.15) is 0 Å². The van der Waals surface area contributed by atoms with Crippen LogP contribution in [0.1, 0.15) is 44.6 Å². The molecule has 0 bridgehead atoms. The number of hydrogen-bond donors (Lipinski definition) is 1. The largest absolute Gasteiger partial charge is 0.416 e. The van der Waals surface area contributed by atoms with E-state index < -0.39 is 11.7 Å². The minimum Gasteiger partial charge on any atom is -0.326 e. The molecule has 6 heteroatoms. The van der Waals surface area contributed by atoms with Crippen LogP contribution in [0.5, 0.6) is 0 Å². The number of anilines is 1. The third-order valence-electron chi connectivity index (χ3n) is 4.32. The fourth-order valence-corrected chi connectivity index (χ4v) is 3.06. The summed E-state index contributed by atoms with van der Waals surface area (Å²) in [6.45, 7) is 3.80. The van der Waals surface area contributed by atoms with Gasteiger partial charge < -0.3 is 5.32 Å². The molecule has 1 heterocycles. The minimum atomic E-state index is -4.40. The number of nitrogens with zero attached hydrogens (tertiary/aromatic N) is 1. The monoisotopic (exact) mass is 328 g/mol. The summed E-state index contributed by atoms with van der Waals surface area (Å²) in [4.78, 5) is 14.3. The molecule has 1 unspecified atom stereocenters. The van der Waals surface area contributed by atoms with Gasteiger partial charge in [0.2, 0.25) is 5.91 Å². The number of carbonyl (C=O) groups excluding carboxylic acids is 1. The molecule has 0 radical (unpaired) electrons. The van der Waals surface area contributed by atoms with E-state index >= 15 is 0 Å². The highest BCUT2D eigenvalue weighted by molar-refractivity contribution is 5.90. The first-order valence-electron chi connectivity index (χ1n) is 8.11. The van der Waals surface area contributed by atoms with Crippen molar-refractivity contribution in [2.45, 2.75) is 51.2 Å². The van der Waals surface area contributed by atoms with Crippen LogP contribution in [0.15, 0.2) is 24.3 Å². The van der Waals surface area contributed by atoms with Gasteiger partial charge >= 0.3 is 6.18 Å². The number of carbonyl (C=O) groups is 1. The topological polar surface area (TPSA) is 32.3 Å². The number of amides is 1. The molecule has 0 saturated carbocycles. The Morgan fingerprint density at radius 3 is 2.83 bits per heavy atom. The molecule has 0 spiro atoms. The fraction of sp³-hybridized carbons (Fsp3) is 0.588. The number of rotatable bonds is 5. The van der Waals surface area contributed by atoms with Gasteiger partial charge in [-0.15, -0.1) is 0 Å². The summed E-state index contributed by atoms with van der Waals surface area (Å²) < 4.78 is 38.0. The van der Waals surface area contributed by atoms with Gasteiger partial charge in [-0.05, 0) is 44.0 Å². The molecule has 2 rings (SSSR count). The van der Waals surface area contributed by atoms with Gasteiger partial charge in [0.15, 0.2) is 0 Å². The number of halogens is 3. The van der Waals surface area contributed by atoms with Crippen LogP contribution in [-0.2, 0) is 11.0 Å². The Hall–Kier alpha value is -1.56. The molecule has 0 aliphatic carbocycles. The van der Waals surface area contributed by atoms with Crippen molar-refractivity contribution < 1.29 is 18.0 Å². The van der Waals surface area contributed by atoms with E-state index in [1.165, 1.54) is 18.6 Å². The lowest BCUT2D eigenvalue weighted by Gasteiger charge is -2.35. The Labute approximate surface area is 134 Å². The SMILES string of the molecule is CCC1CCCCN1CCC(=O)Nc1cccc(C(F)(F)F)c1. The van der Waals surface area contributed by atoms with Crippen LogP contribution >= 0.6 is 0 Å². The Balaban J connectivity index is 1.87. The lowest BCUT2D eigenvalue weighted by atomic mass is 10.00. The second kappa shape index (κ2) is 7.81. The molecule has 1 atom stereocenters. The number of benzene rings is 1. The molecule has 3 nitrogen and oxygen atoms in total. The molecule has 1 aliphatic heterocycles. The summed E-state index contributed by atoms with van der Waals surface area (Å²) in [5, 5.41) is 2.56. The van der Waals surface area contributed by atoms with Crippen LogP contribution in [-0.4, -0.2) is 29.9 Å². The van der Waals surface area contributed by atoms with Gasteiger partial charge in [0.05, 0.1) is 5.56 Å². The summed E-state index contributed by atoms with van der Waals surface area (Å²) in [6.07, 6.45) is 0.494.